The predicted molar refractivity (Wildman–Crippen MR) is 79.5 cm³/mol. The first-order valence-corrected chi connectivity index (χ1v) is 7.09. The third-order valence-corrected chi connectivity index (χ3v) is 3.11. The first kappa shape index (κ1) is 15.7. The van der Waals surface area contributed by atoms with E-state index in [0.717, 1.165) is 36.6 Å². The molecule has 0 aromatic carbocycles. The average molecular weight is 266 g/mol. The second kappa shape index (κ2) is 7.94. The Morgan fingerprint density at radius 2 is 1.89 bits per heavy atom. The molecule has 0 aliphatic heterocycles. The minimum atomic E-state index is 0.0139. The second-order valence-corrected chi connectivity index (χ2v) is 5.01. The Bertz CT molecular complexity index is 382. The molecule has 0 saturated heterocycles. The summed E-state index contributed by atoms with van der Waals surface area (Å²) in [5.41, 5.74) is 1.10. The van der Waals surface area contributed by atoms with Crippen LogP contribution in [-0.4, -0.2) is 34.3 Å². The molecule has 0 radical (unpaired) electrons. The smallest absolute Gasteiger partial charge is 0.135 e. The standard InChI is InChI=1S/C14H26N4O/c1-5-7-11-13(15-6-2)16-9-17-14(11)18-12(8-19)10(3)4/h9-10,12,19H,5-8H2,1-4H3,(H2,15,16,17,18)/t12-/m1/s1. The highest BCUT2D eigenvalue weighted by Gasteiger charge is 2.16. The normalized spacial score (nSPS) is 12.5. The van der Waals surface area contributed by atoms with E-state index in [1.165, 1.54) is 0 Å². The van der Waals surface area contributed by atoms with Crippen molar-refractivity contribution in [2.75, 3.05) is 23.8 Å². The number of anilines is 2. The van der Waals surface area contributed by atoms with Gasteiger partial charge in [0.05, 0.1) is 12.6 Å². The quantitative estimate of drug-likeness (QED) is 0.673. The van der Waals surface area contributed by atoms with Gasteiger partial charge in [-0.25, -0.2) is 9.97 Å². The summed E-state index contributed by atoms with van der Waals surface area (Å²) in [5.74, 6) is 2.07. The maximum absolute atomic E-state index is 9.43. The van der Waals surface area contributed by atoms with E-state index in [1.807, 2.05) is 0 Å². The minimum Gasteiger partial charge on any atom is -0.394 e. The summed E-state index contributed by atoms with van der Waals surface area (Å²) >= 11 is 0. The Hall–Kier alpha value is -1.36. The van der Waals surface area contributed by atoms with E-state index < -0.39 is 0 Å². The average Bonchev–Trinajstić information content (AvgIpc) is 2.39. The zero-order chi connectivity index (χ0) is 14.3. The zero-order valence-corrected chi connectivity index (χ0v) is 12.4. The molecular formula is C14H26N4O. The molecule has 1 aromatic rings. The summed E-state index contributed by atoms with van der Waals surface area (Å²) in [6.45, 7) is 9.29. The Morgan fingerprint density at radius 3 is 2.42 bits per heavy atom. The molecule has 108 valence electrons. The van der Waals surface area contributed by atoms with Crippen molar-refractivity contribution in [2.24, 2.45) is 5.92 Å². The van der Waals surface area contributed by atoms with Crippen molar-refractivity contribution in [3.05, 3.63) is 11.9 Å². The molecular weight excluding hydrogens is 240 g/mol. The van der Waals surface area contributed by atoms with E-state index in [-0.39, 0.29) is 12.6 Å². The number of aliphatic hydroxyl groups is 1. The van der Waals surface area contributed by atoms with Gasteiger partial charge in [-0.1, -0.05) is 27.2 Å². The molecule has 0 aliphatic carbocycles. The molecule has 0 spiro atoms. The van der Waals surface area contributed by atoms with Gasteiger partial charge in [-0.15, -0.1) is 0 Å². The molecule has 19 heavy (non-hydrogen) atoms. The van der Waals surface area contributed by atoms with E-state index in [9.17, 15) is 5.11 Å². The van der Waals surface area contributed by atoms with Gasteiger partial charge >= 0.3 is 0 Å². The van der Waals surface area contributed by atoms with E-state index in [1.54, 1.807) is 6.33 Å². The summed E-state index contributed by atoms with van der Waals surface area (Å²) < 4.78 is 0. The fourth-order valence-corrected chi connectivity index (χ4v) is 1.94. The molecule has 1 rings (SSSR count). The molecule has 0 saturated carbocycles. The first-order chi connectivity index (χ1) is 9.13. The van der Waals surface area contributed by atoms with Gasteiger partial charge in [0.1, 0.15) is 18.0 Å². The van der Waals surface area contributed by atoms with E-state index in [0.29, 0.717) is 5.92 Å². The van der Waals surface area contributed by atoms with Crippen LogP contribution < -0.4 is 10.6 Å². The molecule has 3 N–H and O–H groups in total. The van der Waals surface area contributed by atoms with Gasteiger partial charge in [0.2, 0.25) is 0 Å². The number of hydrogen-bond acceptors (Lipinski definition) is 5. The second-order valence-electron chi connectivity index (χ2n) is 5.01. The highest BCUT2D eigenvalue weighted by Crippen LogP contribution is 2.23. The van der Waals surface area contributed by atoms with Crippen LogP contribution in [0.2, 0.25) is 0 Å². The van der Waals surface area contributed by atoms with Crippen LogP contribution in [0.3, 0.4) is 0 Å². The maximum Gasteiger partial charge on any atom is 0.135 e. The van der Waals surface area contributed by atoms with Crippen molar-refractivity contribution in [1.29, 1.82) is 0 Å². The lowest BCUT2D eigenvalue weighted by atomic mass is 10.0. The van der Waals surface area contributed by atoms with Crippen LogP contribution in [0.5, 0.6) is 0 Å². The molecule has 0 amide bonds. The highest BCUT2D eigenvalue weighted by atomic mass is 16.3. The first-order valence-electron chi connectivity index (χ1n) is 7.09. The van der Waals surface area contributed by atoms with E-state index in [4.69, 9.17) is 0 Å². The van der Waals surface area contributed by atoms with Gasteiger partial charge in [0, 0.05) is 12.1 Å². The van der Waals surface area contributed by atoms with Gasteiger partial charge in [-0.05, 0) is 19.3 Å². The minimum absolute atomic E-state index is 0.0139. The van der Waals surface area contributed by atoms with Crippen LogP contribution in [0.25, 0.3) is 0 Å². The van der Waals surface area contributed by atoms with Crippen LogP contribution in [0.1, 0.15) is 39.7 Å². The van der Waals surface area contributed by atoms with Crippen LogP contribution in [0.4, 0.5) is 11.6 Å². The Kier molecular flexibility index (Phi) is 6.56. The van der Waals surface area contributed by atoms with Gasteiger partial charge in [0.25, 0.3) is 0 Å². The topological polar surface area (TPSA) is 70.1 Å². The van der Waals surface area contributed by atoms with Gasteiger partial charge in [-0.2, -0.15) is 0 Å². The third-order valence-electron chi connectivity index (χ3n) is 3.11. The Balaban J connectivity index is 3.00. The molecule has 1 aromatic heterocycles. The summed E-state index contributed by atoms with van der Waals surface area (Å²) in [7, 11) is 0. The SMILES string of the molecule is CCCc1c(NCC)ncnc1N[C@H](CO)C(C)C. The van der Waals surface area contributed by atoms with E-state index >= 15 is 0 Å². The van der Waals surface area contributed by atoms with Crippen LogP contribution in [0, 0.1) is 5.92 Å². The fraction of sp³-hybridized carbons (Fsp3) is 0.714. The van der Waals surface area contributed by atoms with Crippen molar-refractivity contribution in [2.45, 2.75) is 46.6 Å². The van der Waals surface area contributed by atoms with Crippen LogP contribution in [0.15, 0.2) is 6.33 Å². The number of nitrogens with one attached hydrogen (secondary N) is 2. The number of aromatic nitrogens is 2. The lowest BCUT2D eigenvalue weighted by Gasteiger charge is -2.23. The number of rotatable bonds is 8. The molecule has 0 aliphatic rings. The van der Waals surface area contributed by atoms with Crippen LogP contribution in [-0.2, 0) is 6.42 Å². The molecule has 1 heterocycles. The Morgan fingerprint density at radius 1 is 1.21 bits per heavy atom. The lowest BCUT2D eigenvalue weighted by Crippen LogP contribution is -2.30. The number of nitrogens with zero attached hydrogens (tertiary/aromatic N) is 2. The monoisotopic (exact) mass is 266 g/mol. The molecule has 1 atom stereocenters. The van der Waals surface area contributed by atoms with Crippen LogP contribution >= 0.6 is 0 Å². The highest BCUT2D eigenvalue weighted by molar-refractivity contribution is 5.57. The van der Waals surface area contributed by atoms with Crippen molar-refractivity contribution in [1.82, 2.24) is 9.97 Å². The molecule has 5 nitrogen and oxygen atoms in total. The fourth-order valence-electron chi connectivity index (χ4n) is 1.94. The summed E-state index contributed by atoms with van der Waals surface area (Å²) in [5, 5.41) is 16.0. The third kappa shape index (κ3) is 4.35. The van der Waals surface area contributed by atoms with Crippen molar-refractivity contribution in [3.8, 4) is 0 Å². The summed E-state index contributed by atoms with van der Waals surface area (Å²) in [6, 6.07) is 0.0139. The lowest BCUT2D eigenvalue weighted by molar-refractivity contribution is 0.249. The Labute approximate surface area is 115 Å². The van der Waals surface area contributed by atoms with Crippen molar-refractivity contribution >= 4 is 11.6 Å². The largest absolute Gasteiger partial charge is 0.394 e. The zero-order valence-electron chi connectivity index (χ0n) is 12.4. The molecule has 0 bridgehead atoms. The predicted octanol–water partition coefficient (Wildman–Crippen LogP) is 2.29. The maximum atomic E-state index is 9.43. The van der Waals surface area contributed by atoms with E-state index in [2.05, 4.69) is 48.3 Å². The van der Waals surface area contributed by atoms with Gasteiger partial charge in [-0.3, -0.25) is 0 Å². The van der Waals surface area contributed by atoms with Gasteiger partial charge in [0.15, 0.2) is 0 Å². The number of hydrogen-bond donors (Lipinski definition) is 3. The number of aliphatic hydroxyl groups excluding tert-OH is 1. The molecule has 5 heteroatoms. The summed E-state index contributed by atoms with van der Waals surface area (Å²) in [4.78, 5) is 8.64. The summed E-state index contributed by atoms with van der Waals surface area (Å²) in [6.07, 6.45) is 3.52. The molecule has 0 unspecified atom stereocenters. The van der Waals surface area contributed by atoms with Crippen molar-refractivity contribution in [3.63, 3.8) is 0 Å². The van der Waals surface area contributed by atoms with Crippen molar-refractivity contribution < 1.29 is 5.11 Å². The molecule has 0 fully saturated rings. The van der Waals surface area contributed by atoms with Gasteiger partial charge < -0.3 is 15.7 Å².